The molecule has 3 rings (SSSR count). The molecular weight excluding hydrogens is 298 g/mol. The summed E-state index contributed by atoms with van der Waals surface area (Å²) in [5, 5.41) is 7.27. The number of aromatic nitrogens is 2. The van der Waals surface area contributed by atoms with E-state index in [4.69, 9.17) is 0 Å². The van der Waals surface area contributed by atoms with Crippen LogP contribution >= 0.6 is 0 Å². The van der Waals surface area contributed by atoms with Gasteiger partial charge in [-0.05, 0) is 35.8 Å². The van der Waals surface area contributed by atoms with Gasteiger partial charge in [-0.1, -0.05) is 45.0 Å². The van der Waals surface area contributed by atoms with Gasteiger partial charge in [0.2, 0.25) is 5.91 Å². The first kappa shape index (κ1) is 16.7. The number of aryl methyl sites for hydroxylation is 1. The highest BCUT2D eigenvalue weighted by Gasteiger charge is 2.43. The molecule has 0 unspecified atom stereocenters. The minimum atomic E-state index is 0.113. The van der Waals surface area contributed by atoms with E-state index in [1.165, 1.54) is 11.1 Å². The lowest BCUT2D eigenvalue weighted by Gasteiger charge is -2.19. The van der Waals surface area contributed by atoms with Crippen LogP contribution in [0.3, 0.4) is 0 Å². The largest absolute Gasteiger partial charge is 0.352 e. The Bertz CT molecular complexity index is 737. The van der Waals surface area contributed by atoms with Crippen molar-refractivity contribution in [2.45, 2.75) is 52.0 Å². The first-order valence-electron chi connectivity index (χ1n) is 8.63. The summed E-state index contributed by atoms with van der Waals surface area (Å²) < 4.78 is 1.83. The Labute approximate surface area is 144 Å². The zero-order valence-corrected chi connectivity index (χ0v) is 15.3. The van der Waals surface area contributed by atoms with Gasteiger partial charge in [-0.3, -0.25) is 9.48 Å². The normalized spacial score (nSPS) is 20.0. The molecule has 1 fully saturated rings. The third kappa shape index (κ3) is 3.37. The zero-order valence-electron chi connectivity index (χ0n) is 15.3. The van der Waals surface area contributed by atoms with Crippen molar-refractivity contribution in [1.29, 1.82) is 0 Å². The fourth-order valence-electron chi connectivity index (χ4n) is 3.11. The quantitative estimate of drug-likeness (QED) is 0.936. The van der Waals surface area contributed by atoms with Gasteiger partial charge in [0.05, 0.1) is 6.20 Å². The summed E-state index contributed by atoms with van der Waals surface area (Å²) in [6.07, 6.45) is 2.78. The van der Waals surface area contributed by atoms with E-state index >= 15 is 0 Å². The fraction of sp³-hybridized carbons (Fsp3) is 0.500. The summed E-state index contributed by atoms with van der Waals surface area (Å²) >= 11 is 0. The maximum atomic E-state index is 12.4. The molecule has 24 heavy (non-hydrogen) atoms. The Morgan fingerprint density at radius 2 is 1.96 bits per heavy atom. The molecule has 0 radical (unpaired) electrons. The van der Waals surface area contributed by atoms with Gasteiger partial charge in [0, 0.05) is 30.8 Å². The van der Waals surface area contributed by atoms with Gasteiger partial charge in [0.1, 0.15) is 0 Å². The summed E-state index contributed by atoms with van der Waals surface area (Å²) in [7, 11) is 1.92. The molecule has 0 spiro atoms. The Morgan fingerprint density at radius 1 is 1.29 bits per heavy atom. The third-order valence-corrected chi connectivity index (χ3v) is 5.12. The van der Waals surface area contributed by atoms with Crippen molar-refractivity contribution >= 4 is 5.91 Å². The zero-order chi connectivity index (χ0) is 17.5. The summed E-state index contributed by atoms with van der Waals surface area (Å²) in [5.74, 6) is 0.639. The second-order valence-corrected chi connectivity index (χ2v) is 7.92. The predicted octanol–water partition coefficient (Wildman–Crippen LogP) is 3.45. The van der Waals surface area contributed by atoms with Crippen LogP contribution in [0.15, 0.2) is 30.5 Å². The van der Waals surface area contributed by atoms with Gasteiger partial charge < -0.3 is 5.32 Å². The standard InChI is InChI=1S/C20H27N3O/c1-13-15(12-22-23(13)5)11-21-19(24)18-10-17(18)14-6-8-16(9-7-14)20(2,3)4/h6-9,12,17-18H,10-11H2,1-5H3,(H,21,24)/t17-,18-/m0/s1. The molecule has 1 N–H and O–H groups in total. The second kappa shape index (κ2) is 6.08. The molecule has 0 aliphatic heterocycles. The van der Waals surface area contributed by atoms with E-state index < -0.39 is 0 Å². The molecule has 0 bridgehead atoms. The van der Waals surface area contributed by atoms with Crippen molar-refractivity contribution in [1.82, 2.24) is 15.1 Å². The van der Waals surface area contributed by atoms with Crippen LogP contribution in [0.25, 0.3) is 0 Å². The molecule has 2 atom stereocenters. The molecule has 1 amide bonds. The summed E-state index contributed by atoms with van der Waals surface area (Å²) in [6.45, 7) is 9.23. The van der Waals surface area contributed by atoms with Crippen molar-refractivity contribution in [3.63, 3.8) is 0 Å². The van der Waals surface area contributed by atoms with Gasteiger partial charge in [0.25, 0.3) is 0 Å². The van der Waals surface area contributed by atoms with Crippen LogP contribution in [-0.4, -0.2) is 15.7 Å². The van der Waals surface area contributed by atoms with E-state index in [9.17, 15) is 4.79 Å². The number of hydrogen-bond acceptors (Lipinski definition) is 2. The van der Waals surface area contributed by atoms with Crippen LogP contribution in [0.5, 0.6) is 0 Å². The first-order chi connectivity index (χ1) is 11.3. The second-order valence-electron chi connectivity index (χ2n) is 7.92. The average Bonchev–Trinajstić information content (AvgIpc) is 3.27. The van der Waals surface area contributed by atoms with E-state index in [0.29, 0.717) is 12.5 Å². The molecule has 128 valence electrons. The van der Waals surface area contributed by atoms with Gasteiger partial charge in [-0.25, -0.2) is 0 Å². The smallest absolute Gasteiger partial charge is 0.224 e. The minimum Gasteiger partial charge on any atom is -0.352 e. The van der Waals surface area contributed by atoms with Crippen LogP contribution in [0.1, 0.15) is 55.5 Å². The molecule has 1 saturated carbocycles. The Balaban J connectivity index is 1.56. The van der Waals surface area contributed by atoms with Gasteiger partial charge in [-0.15, -0.1) is 0 Å². The Hall–Kier alpha value is -2.10. The van der Waals surface area contributed by atoms with Crippen LogP contribution in [0.4, 0.5) is 0 Å². The lowest BCUT2D eigenvalue weighted by Crippen LogP contribution is -2.25. The highest BCUT2D eigenvalue weighted by molar-refractivity contribution is 5.82. The molecule has 1 heterocycles. The number of nitrogens with one attached hydrogen (secondary N) is 1. The number of rotatable bonds is 4. The summed E-state index contributed by atoms with van der Waals surface area (Å²) in [4.78, 5) is 12.4. The van der Waals surface area contributed by atoms with Crippen molar-refractivity contribution in [2.75, 3.05) is 0 Å². The third-order valence-electron chi connectivity index (χ3n) is 5.12. The van der Waals surface area contributed by atoms with Crippen molar-refractivity contribution < 1.29 is 4.79 Å². The van der Waals surface area contributed by atoms with Crippen molar-refractivity contribution in [3.8, 4) is 0 Å². The van der Waals surface area contributed by atoms with Gasteiger partial charge in [0.15, 0.2) is 0 Å². The predicted molar refractivity (Wildman–Crippen MR) is 95.8 cm³/mol. The van der Waals surface area contributed by atoms with E-state index in [-0.39, 0.29) is 17.2 Å². The molecule has 4 nitrogen and oxygen atoms in total. The van der Waals surface area contributed by atoms with E-state index in [1.54, 1.807) is 0 Å². The van der Waals surface area contributed by atoms with Crippen molar-refractivity contribution in [2.24, 2.45) is 13.0 Å². The lowest BCUT2D eigenvalue weighted by atomic mass is 9.86. The highest BCUT2D eigenvalue weighted by atomic mass is 16.2. The number of hydrogen-bond donors (Lipinski definition) is 1. The van der Waals surface area contributed by atoms with Crippen LogP contribution in [0, 0.1) is 12.8 Å². The SMILES string of the molecule is Cc1c(CNC(=O)[C@H]2C[C@H]2c2ccc(C(C)(C)C)cc2)cnn1C. The maximum Gasteiger partial charge on any atom is 0.224 e. The van der Waals surface area contributed by atoms with E-state index in [0.717, 1.165) is 17.7 Å². The van der Waals surface area contributed by atoms with Crippen LogP contribution < -0.4 is 5.32 Å². The topological polar surface area (TPSA) is 46.9 Å². The number of nitrogens with zero attached hydrogens (tertiary/aromatic N) is 2. The summed E-state index contributed by atoms with van der Waals surface area (Å²) in [5.41, 5.74) is 4.96. The van der Waals surface area contributed by atoms with Crippen LogP contribution in [-0.2, 0) is 23.8 Å². The molecule has 1 aromatic heterocycles. The number of amides is 1. The molecule has 1 aromatic carbocycles. The lowest BCUT2D eigenvalue weighted by molar-refractivity contribution is -0.122. The summed E-state index contributed by atoms with van der Waals surface area (Å²) in [6, 6.07) is 8.76. The monoisotopic (exact) mass is 325 g/mol. The first-order valence-corrected chi connectivity index (χ1v) is 8.63. The van der Waals surface area contributed by atoms with Gasteiger partial charge >= 0.3 is 0 Å². The number of carbonyl (C=O) groups is 1. The molecule has 2 aromatic rings. The average molecular weight is 325 g/mol. The number of carbonyl (C=O) groups excluding carboxylic acids is 1. The molecule has 4 heteroatoms. The highest BCUT2D eigenvalue weighted by Crippen LogP contribution is 2.47. The van der Waals surface area contributed by atoms with Crippen molar-refractivity contribution in [3.05, 3.63) is 52.8 Å². The molecular formula is C20H27N3O. The molecule has 1 aliphatic carbocycles. The Kier molecular flexibility index (Phi) is 4.24. The minimum absolute atomic E-state index is 0.113. The van der Waals surface area contributed by atoms with E-state index in [1.807, 2.05) is 24.9 Å². The maximum absolute atomic E-state index is 12.4. The molecule has 1 aliphatic rings. The number of benzene rings is 1. The van der Waals surface area contributed by atoms with Gasteiger partial charge in [-0.2, -0.15) is 5.10 Å². The van der Waals surface area contributed by atoms with Crippen LogP contribution in [0.2, 0.25) is 0 Å². The fourth-order valence-corrected chi connectivity index (χ4v) is 3.11. The van der Waals surface area contributed by atoms with E-state index in [2.05, 4.69) is 55.5 Å². The Morgan fingerprint density at radius 3 is 2.50 bits per heavy atom. The molecule has 0 saturated heterocycles.